The minimum atomic E-state index is -2.65. The third-order valence-electron chi connectivity index (χ3n) is 6.81. The Labute approximate surface area is 198 Å². The summed E-state index contributed by atoms with van der Waals surface area (Å²) >= 11 is 0. The number of halogens is 2. The van der Waals surface area contributed by atoms with Gasteiger partial charge in [0.05, 0.1) is 5.92 Å². The number of carbonyl (C=O) groups excluding carboxylic acids is 1. The number of alkyl halides is 2. The molecule has 1 aromatic rings. The van der Waals surface area contributed by atoms with E-state index < -0.39 is 43.4 Å². The van der Waals surface area contributed by atoms with Crippen molar-refractivity contribution in [2.75, 3.05) is 18.5 Å². The molecule has 0 aromatic carbocycles. The van der Waals surface area contributed by atoms with Crippen LogP contribution in [-0.2, 0) is 27.3 Å². The average molecular weight is 484 g/mol. The second kappa shape index (κ2) is 12.4. The van der Waals surface area contributed by atoms with Crippen LogP contribution in [0.15, 0.2) is 12.1 Å². The van der Waals surface area contributed by atoms with E-state index in [0.717, 1.165) is 48.8 Å². The lowest BCUT2D eigenvalue weighted by atomic mass is 9.76. The smallest absolute Gasteiger partial charge is 0.328 e. The number of carboxylic acids is 1. The summed E-state index contributed by atoms with van der Waals surface area (Å²) in [6.07, 6.45) is 1.80. The van der Waals surface area contributed by atoms with Crippen molar-refractivity contribution in [3.05, 3.63) is 23.4 Å². The molecule has 3 rings (SSSR count). The quantitative estimate of drug-likeness (QED) is 0.366. The van der Waals surface area contributed by atoms with Gasteiger partial charge >= 0.3 is 11.9 Å². The molecular weight excluding hydrogens is 448 g/mol. The second-order valence-corrected chi connectivity index (χ2v) is 9.24. The topological polar surface area (TPSA) is 112 Å². The van der Waals surface area contributed by atoms with Crippen molar-refractivity contribution in [1.29, 1.82) is 0 Å². The van der Waals surface area contributed by atoms with Gasteiger partial charge in [-0.3, -0.25) is 9.59 Å². The molecule has 2 heterocycles. The fourth-order valence-corrected chi connectivity index (χ4v) is 4.70. The van der Waals surface area contributed by atoms with E-state index in [1.54, 1.807) is 6.92 Å². The predicted molar refractivity (Wildman–Crippen MR) is 121 cm³/mol. The van der Waals surface area contributed by atoms with Gasteiger partial charge < -0.3 is 20.4 Å². The van der Waals surface area contributed by atoms with Crippen LogP contribution in [-0.4, -0.2) is 63.9 Å². The maximum atomic E-state index is 12.8. The SMILES string of the molecule is CCC(CC(F)F)C(=O)ON(C1CC(CCc2ccc3c(n2)NCCC3)C1)[C@@H](CCO)C(=O)O. The number of anilines is 1. The van der Waals surface area contributed by atoms with Gasteiger partial charge in [-0.25, -0.2) is 13.8 Å². The van der Waals surface area contributed by atoms with E-state index in [9.17, 15) is 28.6 Å². The number of fused-ring (bicyclic) bond motifs is 1. The number of hydrogen-bond acceptors (Lipinski definition) is 7. The Hall–Kier alpha value is -2.33. The van der Waals surface area contributed by atoms with Crippen molar-refractivity contribution in [2.24, 2.45) is 11.8 Å². The van der Waals surface area contributed by atoms with Gasteiger partial charge in [-0.15, -0.1) is 5.06 Å². The maximum absolute atomic E-state index is 12.8. The van der Waals surface area contributed by atoms with Crippen LogP contribution in [0, 0.1) is 11.8 Å². The zero-order chi connectivity index (χ0) is 24.7. The minimum absolute atomic E-state index is 0.124. The molecule has 34 heavy (non-hydrogen) atoms. The summed E-state index contributed by atoms with van der Waals surface area (Å²) in [6.45, 7) is 2.15. The van der Waals surface area contributed by atoms with Crippen LogP contribution in [0.25, 0.3) is 0 Å². The molecular formula is C24H35F2N3O5. The van der Waals surface area contributed by atoms with Crippen molar-refractivity contribution in [3.8, 4) is 0 Å². The highest BCUT2D eigenvalue weighted by molar-refractivity contribution is 5.75. The van der Waals surface area contributed by atoms with E-state index in [4.69, 9.17) is 9.82 Å². The summed E-state index contributed by atoms with van der Waals surface area (Å²) in [5.41, 5.74) is 2.23. The summed E-state index contributed by atoms with van der Waals surface area (Å²) in [5, 5.41) is 23.4. The number of aromatic nitrogens is 1. The Morgan fingerprint density at radius 1 is 1.32 bits per heavy atom. The Morgan fingerprint density at radius 3 is 2.74 bits per heavy atom. The molecule has 2 atom stereocenters. The molecule has 1 unspecified atom stereocenters. The van der Waals surface area contributed by atoms with Crippen molar-refractivity contribution >= 4 is 17.8 Å². The molecule has 0 bridgehead atoms. The van der Waals surface area contributed by atoms with E-state index >= 15 is 0 Å². The first kappa shape index (κ1) is 26.3. The number of rotatable bonds is 13. The number of nitrogens with zero attached hydrogens (tertiary/aromatic N) is 2. The van der Waals surface area contributed by atoms with E-state index in [-0.39, 0.29) is 18.9 Å². The summed E-state index contributed by atoms with van der Waals surface area (Å²) in [5.74, 6) is -1.82. The van der Waals surface area contributed by atoms with Crippen LogP contribution in [0.4, 0.5) is 14.6 Å². The minimum Gasteiger partial charge on any atom is -0.480 e. The van der Waals surface area contributed by atoms with Crippen LogP contribution < -0.4 is 5.32 Å². The molecule has 2 aliphatic rings. The van der Waals surface area contributed by atoms with E-state index in [2.05, 4.69) is 11.4 Å². The van der Waals surface area contributed by atoms with Gasteiger partial charge in [-0.2, -0.15) is 0 Å². The highest BCUT2D eigenvalue weighted by atomic mass is 19.3. The molecule has 1 aromatic heterocycles. The third kappa shape index (κ3) is 6.85. The fraction of sp³-hybridized carbons (Fsp3) is 0.708. The first-order valence-corrected chi connectivity index (χ1v) is 12.2. The molecule has 1 aliphatic heterocycles. The first-order chi connectivity index (χ1) is 16.3. The zero-order valence-corrected chi connectivity index (χ0v) is 19.6. The molecule has 1 fully saturated rings. The highest BCUT2D eigenvalue weighted by Gasteiger charge is 2.42. The van der Waals surface area contributed by atoms with E-state index in [1.165, 1.54) is 5.56 Å². The van der Waals surface area contributed by atoms with Gasteiger partial charge in [-0.05, 0) is 68.9 Å². The van der Waals surface area contributed by atoms with Gasteiger partial charge in [0.2, 0.25) is 6.43 Å². The molecule has 8 nitrogen and oxygen atoms in total. The molecule has 0 amide bonds. The van der Waals surface area contributed by atoms with Crippen LogP contribution in [0.2, 0.25) is 0 Å². The molecule has 0 saturated heterocycles. The number of carbonyl (C=O) groups is 2. The van der Waals surface area contributed by atoms with Crippen molar-refractivity contribution < 1.29 is 33.4 Å². The number of aryl methyl sites for hydroxylation is 2. The number of hydroxylamine groups is 2. The van der Waals surface area contributed by atoms with Crippen molar-refractivity contribution in [1.82, 2.24) is 10.0 Å². The monoisotopic (exact) mass is 483 g/mol. The third-order valence-corrected chi connectivity index (χ3v) is 6.81. The average Bonchev–Trinajstić information content (AvgIpc) is 2.78. The van der Waals surface area contributed by atoms with Crippen LogP contribution in [0.5, 0.6) is 0 Å². The lowest BCUT2D eigenvalue weighted by molar-refractivity contribution is -0.238. The van der Waals surface area contributed by atoms with Crippen molar-refractivity contribution in [2.45, 2.75) is 83.2 Å². The number of carboxylic acid groups (broad SMARTS) is 1. The molecule has 0 radical (unpaired) electrons. The Kier molecular flexibility index (Phi) is 9.58. The standard InChI is InChI=1S/C24H35F2N3O5/c1-2-16(14-21(25)26)24(33)34-29(20(9-11-30)23(31)32)19-12-15(13-19)5-7-18-8-6-17-4-3-10-27-22(17)28-18/h6,8,15-16,19-21,30H,2-5,7,9-14H2,1H3,(H,27,28)(H,31,32)/t15?,16?,19?,20-/m0/s1. The second-order valence-electron chi connectivity index (χ2n) is 9.24. The number of nitrogens with one attached hydrogen (secondary N) is 1. The highest BCUT2D eigenvalue weighted by Crippen LogP contribution is 2.37. The van der Waals surface area contributed by atoms with Crippen molar-refractivity contribution in [3.63, 3.8) is 0 Å². The van der Waals surface area contributed by atoms with Crippen LogP contribution in [0.1, 0.15) is 63.1 Å². The summed E-state index contributed by atoms with van der Waals surface area (Å²) in [6, 6.07) is 2.61. The fourth-order valence-electron chi connectivity index (χ4n) is 4.70. The molecule has 1 saturated carbocycles. The maximum Gasteiger partial charge on any atom is 0.328 e. The number of aliphatic hydroxyl groups is 1. The molecule has 3 N–H and O–H groups in total. The summed E-state index contributed by atoms with van der Waals surface area (Å²) < 4.78 is 25.6. The Balaban J connectivity index is 1.59. The normalized spacial score (nSPS) is 21.4. The number of hydrogen-bond donors (Lipinski definition) is 3. The van der Waals surface area contributed by atoms with Gasteiger partial charge in [0.15, 0.2) is 0 Å². The lowest BCUT2D eigenvalue weighted by Crippen LogP contribution is -2.54. The van der Waals surface area contributed by atoms with E-state index in [0.29, 0.717) is 18.8 Å². The largest absolute Gasteiger partial charge is 0.480 e. The first-order valence-electron chi connectivity index (χ1n) is 12.2. The van der Waals surface area contributed by atoms with Gasteiger partial charge in [-0.1, -0.05) is 13.0 Å². The number of aliphatic hydroxyl groups excluding tert-OH is 1. The number of aliphatic carboxylic acids is 1. The molecule has 1 aliphatic carbocycles. The number of pyridine rings is 1. The summed E-state index contributed by atoms with van der Waals surface area (Å²) in [7, 11) is 0. The Bertz CT molecular complexity index is 835. The molecule has 10 heteroatoms. The van der Waals surface area contributed by atoms with Crippen LogP contribution in [0.3, 0.4) is 0 Å². The molecule has 0 spiro atoms. The summed E-state index contributed by atoms with van der Waals surface area (Å²) in [4.78, 5) is 34.5. The van der Waals surface area contributed by atoms with Gasteiger partial charge in [0.25, 0.3) is 0 Å². The van der Waals surface area contributed by atoms with Gasteiger partial charge in [0, 0.05) is 31.3 Å². The van der Waals surface area contributed by atoms with Gasteiger partial charge in [0.1, 0.15) is 11.9 Å². The van der Waals surface area contributed by atoms with Crippen LogP contribution >= 0.6 is 0 Å². The lowest BCUT2D eigenvalue weighted by Gasteiger charge is -2.43. The molecule has 190 valence electrons. The Morgan fingerprint density at radius 2 is 2.09 bits per heavy atom. The van der Waals surface area contributed by atoms with E-state index in [1.807, 2.05) is 6.07 Å². The zero-order valence-electron chi connectivity index (χ0n) is 19.6. The predicted octanol–water partition coefficient (Wildman–Crippen LogP) is 3.43.